The van der Waals surface area contributed by atoms with E-state index in [-0.39, 0.29) is 6.04 Å². The molecule has 0 atom stereocenters. The second-order valence-electron chi connectivity index (χ2n) is 4.69. The molecule has 1 aromatic heterocycles. The summed E-state index contributed by atoms with van der Waals surface area (Å²) in [5.41, 5.74) is 1.89. The van der Waals surface area contributed by atoms with Crippen molar-refractivity contribution in [2.45, 2.75) is 32.6 Å². The van der Waals surface area contributed by atoms with Crippen molar-refractivity contribution in [1.82, 2.24) is 4.98 Å². The summed E-state index contributed by atoms with van der Waals surface area (Å²) in [6, 6.07) is 2.11. The molecule has 0 amide bonds. The van der Waals surface area contributed by atoms with Crippen LogP contribution in [0.25, 0.3) is 0 Å². The first-order valence-electron chi connectivity index (χ1n) is 5.63. The van der Waals surface area contributed by atoms with Crippen LogP contribution in [0.4, 0.5) is 5.69 Å². The van der Waals surface area contributed by atoms with Gasteiger partial charge in [0.1, 0.15) is 5.15 Å². The monoisotopic (exact) mass is 256 g/mol. The lowest BCUT2D eigenvalue weighted by Gasteiger charge is -2.35. The average molecular weight is 257 g/mol. The van der Waals surface area contributed by atoms with Crippen LogP contribution in [-0.2, 0) is 9.47 Å². The van der Waals surface area contributed by atoms with Gasteiger partial charge in [-0.3, -0.25) is 0 Å². The molecular weight excluding hydrogens is 240 g/mol. The molecule has 17 heavy (non-hydrogen) atoms. The number of nitrogens with zero attached hydrogens (tertiary/aromatic N) is 1. The van der Waals surface area contributed by atoms with Crippen LogP contribution in [0, 0.1) is 6.92 Å². The minimum atomic E-state index is -0.480. The first-order valence-corrected chi connectivity index (χ1v) is 6.01. The van der Waals surface area contributed by atoms with E-state index < -0.39 is 5.79 Å². The molecule has 1 N–H and O–H groups in total. The van der Waals surface area contributed by atoms with Crippen LogP contribution in [0.2, 0.25) is 5.15 Å². The van der Waals surface area contributed by atoms with Gasteiger partial charge in [0.05, 0.1) is 31.1 Å². The molecule has 1 saturated heterocycles. The van der Waals surface area contributed by atoms with Crippen LogP contribution in [0.15, 0.2) is 12.3 Å². The van der Waals surface area contributed by atoms with E-state index >= 15 is 0 Å². The molecule has 0 aromatic carbocycles. The van der Waals surface area contributed by atoms with Crippen molar-refractivity contribution in [2.24, 2.45) is 0 Å². The maximum absolute atomic E-state index is 5.87. The molecule has 94 valence electrons. The molecule has 0 radical (unpaired) electrons. The summed E-state index contributed by atoms with van der Waals surface area (Å²) in [5, 5.41) is 3.85. The predicted molar refractivity (Wildman–Crippen MR) is 67.4 cm³/mol. The Hall–Kier alpha value is -0.840. The number of ether oxygens (including phenoxy) is 2. The van der Waals surface area contributed by atoms with Crippen molar-refractivity contribution in [2.75, 3.05) is 18.5 Å². The topological polar surface area (TPSA) is 43.4 Å². The minimum Gasteiger partial charge on any atom is -0.376 e. The molecule has 5 heteroatoms. The quantitative estimate of drug-likeness (QED) is 0.826. The standard InChI is InChI=1S/C12H17ClN2O2/c1-8-4-9(5-14-11(8)13)15-10-6-16-12(2,3)17-7-10/h4-5,10,15H,6-7H2,1-3H3. The molecule has 1 aromatic rings. The van der Waals surface area contributed by atoms with E-state index in [1.54, 1.807) is 6.20 Å². The van der Waals surface area contributed by atoms with Crippen molar-refractivity contribution in [3.8, 4) is 0 Å². The zero-order valence-electron chi connectivity index (χ0n) is 10.3. The van der Waals surface area contributed by atoms with Gasteiger partial charge in [0.25, 0.3) is 0 Å². The molecule has 0 unspecified atom stereocenters. The maximum Gasteiger partial charge on any atom is 0.162 e. The second kappa shape index (κ2) is 4.80. The molecule has 1 aliphatic rings. The summed E-state index contributed by atoms with van der Waals surface area (Å²) in [6.45, 7) is 7.00. The predicted octanol–water partition coefficient (Wildman–Crippen LogP) is 2.61. The molecular formula is C12H17ClN2O2. The summed E-state index contributed by atoms with van der Waals surface area (Å²) in [6.07, 6.45) is 1.72. The normalized spacial score (nSPS) is 20.2. The summed E-state index contributed by atoms with van der Waals surface area (Å²) in [7, 11) is 0. The Balaban J connectivity index is 1.95. The number of hydrogen-bond donors (Lipinski definition) is 1. The molecule has 1 fully saturated rings. The smallest absolute Gasteiger partial charge is 0.162 e. The molecule has 1 aliphatic heterocycles. The van der Waals surface area contributed by atoms with Crippen LogP contribution in [-0.4, -0.2) is 30.0 Å². The summed E-state index contributed by atoms with van der Waals surface area (Å²) in [4.78, 5) is 4.09. The summed E-state index contributed by atoms with van der Waals surface area (Å²) < 4.78 is 11.1. The van der Waals surface area contributed by atoms with Gasteiger partial charge in [-0.15, -0.1) is 0 Å². The Bertz CT molecular complexity index is 399. The SMILES string of the molecule is Cc1cc(NC2COC(C)(C)OC2)cnc1Cl. The highest BCUT2D eigenvalue weighted by Gasteiger charge is 2.28. The largest absolute Gasteiger partial charge is 0.376 e. The van der Waals surface area contributed by atoms with Gasteiger partial charge in [0.15, 0.2) is 5.79 Å². The fourth-order valence-electron chi connectivity index (χ4n) is 1.65. The highest BCUT2D eigenvalue weighted by molar-refractivity contribution is 6.30. The van der Waals surface area contributed by atoms with Gasteiger partial charge in [-0.1, -0.05) is 11.6 Å². The Kier molecular flexibility index (Phi) is 3.56. The minimum absolute atomic E-state index is 0.144. The van der Waals surface area contributed by atoms with Gasteiger partial charge in [0, 0.05) is 0 Å². The van der Waals surface area contributed by atoms with E-state index in [9.17, 15) is 0 Å². The number of aromatic nitrogens is 1. The van der Waals surface area contributed by atoms with Gasteiger partial charge in [-0.25, -0.2) is 4.98 Å². The number of pyridine rings is 1. The van der Waals surface area contributed by atoms with Crippen LogP contribution < -0.4 is 5.32 Å². The Morgan fingerprint density at radius 1 is 1.41 bits per heavy atom. The third kappa shape index (κ3) is 3.31. The number of halogens is 1. The molecule has 0 saturated carbocycles. The zero-order valence-corrected chi connectivity index (χ0v) is 11.0. The van der Waals surface area contributed by atoms with Crippen molar-refractivity contribution < 1.29 is 9.47 Å². The van der Waals surface area contributed by atoms with Crippen LogP contribution >= 0.6 is 11.6 Å². The van der Waals surface area contributed by atoms with Crippen molar-refractivity contribution in [1.29, 1.82) is 0 Å². The van der Waals surface area contributed by atoms with Gasteiger partial charge >= 0.3 is 0 Å². The van der Waals surface area contributed by atoms with Crippen molar-refractivity contribution in [3.63, 3.8) is 0 Å². The molecule has 4 nitrogen and oxygen atoms in total. The van der Waals surface area contributed by atoms with Crippen LogP contribution in [0.1, 0.15) is 19.4 Å². The van der Waals surface area contributed by atoms with Crippen LogP contribution in [0.5, 0.6) is 0 Å². The van der Waals surface area contributed by atoms with E-state index in [4.69, 9.17) is 21.1 Å². The molecule has 0 spiro atoms. The maximum atomic E-state index is 5.87. The fourth-order valence-corrected chi connectivity index (χ4v) is 1.75. The third-order valence-electron chi connectivity index (χ3n) is 2.65. The van der Waals surface area contributed by atoms with Gasteiger partial charge < -0.3 is 14.8 Å². The lowest BCUT2D eigenvalue weighted by molar-refractivity contribution is -0.247. The Labute approximate surface area is 106 Å². The van der Waals surface area contributed by atoms with E-state index in [1.807, 2.05) is 26.8 Å². The summed E-state index contributed by atoms with van der Waals surface area (Å²) >= 11 is 5.87. The number of nitrogens with one attached hydrogen (secondary N) is 1. The number of aryl methyl sites for hydroxylation is 1. The Morgan fingerprint density at radius 3 is 2.65 bits per heavy atom. The van der Waals surface area contributed by atoms with Crippen molar-refractivity contribution >= 4 is 17.3 Å². The van der Waals surface area contributed by atoms with E-state index in [0.29, 0.717) is 18.4 Å². The van der Waals surface area contributed by atoms with Gasteiger partial charge in [-0.05, 0) is 32.4 Å². The molecule has 2 rings (SSSR count). The van der Waals surface area contributed by atoms with E-state index in [2.05, 4.69) is 10.3 Å². The van der Waals surface area contributed by atoms with E-state index in [1.165, 1.54) is 0 Å². The fraction of sp³-hybridized carbons (Fsp3) is 0.583. The van der Waals surface area contributed by atoms with Crippen molar-refractivity contribution in [3.05, 3.63) is 23.0 Å². The Morgan fingerprint density at radius 2 is 2.06 bits per heavy atom. The van der Waals surface area contributed by atoms with E-state index in [0.717, 1.165) is 11.3 Å². The molecule has 0 aliphatic carbocycles. The average Bonchev–Trinajstić information content (AvgIpc) is 2.27. The third-order valence-corrected chi connectivity index (χ3v) is 3.05. The highest BCUT2D eigenvalue weighted by Crippen LogP contribution is 2.21. The first kappa shape index (κ1) is 12.6. The summed E-state index contributed by atoms with van der Waals surface area (Å²) in [5.74, 6) is -0.480. The zero-order chi connectivity index (χ0) is 12.5. The number of hydrogen-bond acceptors (Lipinski definition) is 4. The highest BCUT2D eigenvalue weighted by atomic mass is 35.5. The molecule has 2 heterocycles. The number of rotatable bonds is 2. The second-order valence-corrected chi connectivity index (χ2v) is 5.05. The number of anilines is 1. The molecule has 0 bridgehead atoms. The van der Waals surface area contributed by atoms with Gasteiger partial charge in [-0.2, -0.15) is 0 Å². The first-order chi connectivity index (χ1) is 7.96. The van der Waals surface area contributed by atoms with Gasteiger partial charge in [0.2, 0.25) is 0 Å². The van der Waals surface area contributed by atoms with Crippen LogP contribution in [0.3, 0.4) is 0 Å². The lowest BCUT2D eigenvalue weighted by Crippen LogP contribution is -2.45. The lowest BCUT2D eigenvalue weighted by atomic mass is 10.2.